The van der Waals surface area contributed by atoms with E-state index in [0.29, 0.717) is 22.8 Å². The van der Waals surface area contributed by atoms with Crippen LogP contribution in [0.4, 0.5) is 0 Å². The molecule has 7 nitrogen and oxygen atoms in total. The number of rotatable bonds is 6. The van der Waals surface area contributed by atoms with Crippen LogP contribution in [-0.2, 0) is 16.1 Å². The van der Waals surface area contributed by atoms with Crippen molar-refractivity contribution in [3.05, 3.63) is 89.4 Å². The minimum absolute atomic E-state index is 0.0488. The molecule has 1 aromatic heterocycles. The molecule has 0 bridgehead atoms. The average Bonchev–Trinajstić information content (AvgIpc) is 3.41. The van der Waals surface area contributed by atoms with E-state index in [1.165, 1.54) is 18.3 Å². The molecular formula is C24H21NO6. The van der Waals surface area contributed by atoms with Crippen LogP contribution in [0, 0.1) is 0 Å². The Kier molecular flexibility index (Phi) is 5.49. The van der Waals surface area contributed by atoms with Gasteiger partial charge in [0.25, 0.3) is 11.7 Å². The van der Waals surface area contributed by atoms with Crippen LogP contribution in [0.15, 0.2) is 76.9 Å². The number of methoxy groups -OCH3 is 2. The average molecular weight is 419 g/mol. The van der Waals surface area contributed by atoms with Gasteiger partial charge in [-0.3, -0.25) is 9.59 Å². The number of ether oxygens (including phenoxy) is 2. The summed E-state index contributed by atoms with van der Waals surface area (Å²) in [7, 11) is 3.03. The van der Waals surface area contributed by atoms with Gasteiger partial charge in [-0.1, -0.05) is 24.3 Å². The molecule has 1 N–H and O–H groups in total. The topological polar surface area (TPSA) is 89.2 Å². The summed E-state index contributed by atoms with van der Waals surface area (Å²) >= 11 is 0. The number of benzene rings is 2. The van der Waals surface area contributed by atoms with Crippen LogP contribution in [0.1, 0.15) is 22.9 Å². The van der Waals surface area contributed by atoms with Crippen LogP contribution in [0.3, 0.4) is 0 Å². The summed E-state index contributed by atoms with van der Waals surface area (Å²) < 4.78 is 16.1. The van der Waals surface area contributed by atoms with Gasteiger partial charge in [0.15, 0.2) is 0 Å². The summed E-state index contributed by atoms with van der Waals surface area (Å²) in [5.74, 6) is -0.424. The molecule has 1 amide bonds. The van der Waals surface area contributed by atoms with E-state index in [2.05, 4.69) is 0 Å². The fraction of sp³-hybridized carbons (Fsp3) is 0.167. The summed E-state index contributed by atoms with van der Waals surface area (Å²) in [6, 6.07) is 16.4. The molecule has 1 fully saturated rings. The predicted molar refractivity (Wildman–Crippen MR) is 113 cm³/mol. The largest absolute Gasteiger partial charge is 0.507 e. The number of aliphatic hydroxyl groups excluding tert-OH is 1. The predicted octanol–water partition coefficient (Wildman–Crippen LogP) is 3.92. The monoisotopic (exact) mass is 419 g/mol. The summed E-state index contributed by atoms with van der Waals surface area (Å²) in [6.07, 6.45) is 1.46. The molecule has 158 valence electrons. The Morgan fingerprint density at radius 3 is 2.55 bits per heavy atom. The highest BCUT2D eigenvalue weighted by atomic mass is 16.5. The van der Waals surface area contributed by atoms with Crippen molar-refractivity contribution >= 4 is 17.4 Å². The molecule has 7 heteroatoms. The Hall–Kier alpha value is -4.00. The van der Waals surface area contributed by atoms with E-state index in [0.717, 1.165) is 5.56 Å². The standard InChI is InChI=1S/C24H21NO6/c1-29-16-8-5-7-15(13-16)14-25-21(19-11-6-12-31-19)20(23(27)24(25)28)22(26)17-9-3-4-10-18(17)30-2/h3-13,21,26H,14H2,1-2H3/b22-20-. The lowest BCUT2D eigenvalue weighted by molar-refractivity contribution is -0.140. The molecule has 0 aliphatic carbocycles. The second kappa shape index (κ2) is 8.39. The van der Waals surface area contributed by atoms with E-state index in [9.17, 15) is 14.7 Å². The molecule has 1 atom stereocenters. The van der Waals surface area contributed by atoms with Gasteiger partial charge in [-0.25, -0.2) is 0 Å². The number of para-hydroxylation sites is 1. The van der Waals surface area contributed by atoms with Gasteiger partial charge in [-0.15, -0.1) is 0 Å². The number of nitrogens with zero attached hydrogens (tertiary/aromatic N) is 1. The van der Waals surface area contributed by atoms with Gasteiger partial charge in [-0.2, -0.15) is 0 Å². The fourth-order valence-electron chi connectivity index (χ4n) is 3.74. The van der Waals surface area contributed by atoms with E-state index in [-0.39, 0.29) is 17.9 Å². The minimum Gasteiger partial charge on any atom is -0.507 e. The normalized spacial score (nSPS) is 17.7. The zero-order valence-corrected chi connectivity index (χ0v) is 17.1. The molecule has 0 saturated carbocycles. The van der Waals surface area contributed by atoms with Gasteiger partial charge in [-0.05, 0) is 42.0 Å². The number of Topliss-reactive ketones (excluding diaryl/α,β-unsaturated/α-hetero) is 1. The number of carbonyl (C=O) groups is 2. The Morgan fingerprint density at radius 2 is 1.84 bits per heavy atom. The highest BCUT2D eigenvalue weighted by molar-refractivity contribution is 6.46. The molecule has 2 heterocycles. The van der Waals surface area contributed by atoms with Crippen molar-refractivity contribution in [1.82, 2.24) is 4.90 Å². The van der Waals surface area contributed by atoms with Gasteiger partial charge in [0.2, 0.25) is 0 Å². The Morgan fingerprint density at radius 1 is 1.03 bits per heavy atom. The molecule has 31 heavy (non-hydrogen) atoms. The van der Waals surface area contributed by atoms with Crippen molar-refractivity contribution in [2.45, 2.75) is 12.6 Å². The third kappa shape index (κ3) is 3.66. The van der Waals surface area contributed by atoms with Crippen molar-refractivity contribution < 1.29 is 28.6 Å². The SMILES string of the molecule is COc1cccc(CN2C(=O)C(=O)/C(=C(\O)c3ccccc3OC)C2c2ccco2)c1. The van der Waals surface area contributed by atoms with Crippen molar-refractivity contribution in [2.75, 3.05) is 14.2 Å². The van der Waals surface area contributed by atoms with Gasteiger partial charge < -0.3 is 23.9 Å². The van der Waals surface area contributed by atoms with Crippen molar-refractivity contribution in [2.24, 2.45) is 0 Å². The lowest BCUT2D eigenvalue weighted by Gasteiger charge is -2.23. The Labute approximate surface area is 179 Å². The third-order valence-corrected chi connectivity index (χ3v) is 5.20. The van der Waals surface area contributed by atoms with Crippen LogP contribution in [0.2, 0.25) is 0 Å². The second-order valence-corrected chi connectivity index (χ2v) is 6.99. The second-order valence-electron chi connectivity index (χ2n) is 6.99. The maximum atomic E-state index is 13.0. The quantitative estimate of drug-likeness (QED) is 0.370. The van der Waals surface area contributed by atoms with E-state index in [4.69, 9.17) is 13.9 Å². The first-order valence-corrected chi connectivity index (χ1v) is 9.63. The fourth-order valence-corrected chi connectivity index (χ4v) is 3.74. The minimum atomic E-state index is -0.883. The number of hydrogen-bond donors (Lipinski definition) is 1. The Balaban J connectivity index is 1.84. The number of likely N-dealkylation sites (tertiary alicyclic amines) is 1. The first kappa shape index (κ1) is 20.3. The summed E-state index contributed by atoms with van der Waals surface area (Å²) in [4.78, 5) is 27.4. The first-order chi connectivity index (χ1) is 15.0. The number of hydrogen-bond acceptors (Lipinski definition) is 6. The van der Waals surface area contributed by atoms with Gasteiger partial charge >= 0.3 is 0 Å². The maximum absolute atomic E-state index is 13.0. The number of aliphatic hydroxyl groups is 1. The zero-order chi connectivity index (χ0) is 22.0. The number of amides is 1. The highest BCUT2D eigenvalue weighted by Crippen LogP contribution is 2.41. The van der Waals surface area contributed by atoms with Crippen molar-refractivity contribution in [3.63, 3.8) is 0 Å². The van der Waals surface area contributed by atoms with Crippen LogP contribution in [0.25, 0.3) is 5.76 Å². The molecule has 1 aliphatic rings. The molecule has 3 aromatic rings. The molecular weight excluding hydrogens is 398 g/mol. The first-order valence-electron chi connectivity index (χ1n) is 9.63. The number of carbonyl (C=O) groups excluding carboxylic acids is 2. The number of ketones is 1. The smallest absolute Gasteiger partial charge is 0.296 e. The lowest BCUT2D eigenvalue weighted by Crippen LogP contribution is -2.29. The molecule has 1 aliphatic heterocycles. The van der Waals surface area contributed by atoms with E-state index >= 15 is 0 Å². The molecule has 1 unspecified atom stereocenters. The third-order valence-electron chi connectivity index (χ3n) is 5.20. The van der Waals surface area contributed by atoms with Gasteiger partial charge in [0.05, 0.1) is 31.6 Å². The van der Waals surface area contributed by atoms with Crippen LogP contribution in [0.5, 0.6) is 11.5 Å². The van der Waals surface area contributed by atoms with Crippen molar-refractivity contribution in [3.8, 4) is 11.5 Å². The van der Waals surface area contributed by atoms with E-state index < -0.39 is 17.7 Å². The molecule has 2 aromatic carbocycles. The number of furan rings is 1. The van der Waals surface area contributed by atoms with Crippen LogP contribution >= 0.6 is 0 Å². The molecule has 0 spiro atoms. The summed E-state index contributed by atoms with van der Waals surface area (Å²) in [5.41, 5.74) is 1.04. The van der Waals surface area contributed by atoms with Crippen LogP contribution < -0.4 is 9.47 Å². The van der Waals surface area contributed by atoms with E-state index in [1.807, 2.05) is 12.1 Å². The maximum Gasteiger partial charge on any atom is 0.296 e. The molecule has 1 saturated heterocycles. The van der Waals surface area contributed by atoms with Crippen LogP contribution in [-0.4, -0.2) is 35.9 Å². The summed E-state index contributed by atoms with van der Waals surface area (Å²) in [6.45, 7) is 0.135. The van der Waals surface area contributed by atoms with Crippen molar-refractivity contribution in [1.29, 1.82) is 0 Å². The molecule has 4 rings (SSSR count). The van der Waals surface area contributed by atoms with E-state index in [1.54, 1.807) is 55.6 Å². The highest BCUT2D eigenvalue weighted by Gasteiger charge is 2.47. The summed E-state index contributed by atoms with van der Waals surface area (Å²) in [5, 5.41) is 11.1. The lowest BCUT2D eigenvalue weighted by atomic mass is 9.98. The Bertz CT molecular complexity index is 1150. The molecule has 0 radical (unpaired) electrons. The zero-order valence-electron chi connectivity index (χ0n) is 17.1. The van der Waals surface area contributed by atoms with Gasteiger partial charge in [0.1, 0.15) is 29.1 Å². The van der Waals surface area contributed by atoms with Gasteiger partial charge in [0, 0.05) is 6.54 Å².